The van der Waals surface area contributed by atoms with E-state index >= 15 is 0 Å². The molecule has 60 heavy (non-hydrogen) atoms. The van der Waals surface area contributed by atoms with Crippen LogP contribution in [0.15, 0.2) is 210 Å². The maximum absolute atomic E-state index is 6.16. The summed E-state index contributed by atoms with van der Waals surface area (Å²) in [6, 6.07) is 73.2. The van der Waals surface area contributed by atoms with E-state index in [1.165, 1.54) is 65.3 Å². The molecule has 2 heterocycles. The molecule has 0 atom stereocenters. The van der Waals surface area contributed by atoms with Crippen LogP contribution in [0.25, 0.3) is 87.4 Å². The first-order valence-corrected chi connectivity index (χ1v) is 20.7. The third kappa shape index (κ3) is 5.86. The summed E-state index contributed by atoms with van der Waals surface area (Å²) >= 11 is 0. The second-order valence-corrected chi connectivity index (χ2v) is 15.9. The molecule has 12 rings (SSSR count). The minimum atomic E-state index is 0.895. The number of fused-ring (bicyclic) bond motifs is 7. The Balaban J connectivity index is 0.952. The molecule has 0 N–H and O–H groups in total. The smallest absolute Gasteiger partial charge is 0.136 e. The van der Waals surface area contributed by atoms with E-state index in [0.29, 0.717) is 0 Å². The van der Waals surface area contributed by atoms with E-state index in [0.717, 1.165) is 63.4 Å². The topological polar surface area (TPSA) is 28.7 Å². The SMILES string of the molecule is C1=Nc2c(oc3ccc(-c4ccc(N(c5ccc6cc(-c7cccc8ccccc78)ccc6c5)c5ccc6cc(-c7cccc8ccccc78)ccc6c5)cc4)cc23)CC1. The van der Waals surface area contributed by atoms with Crippen LogP contribution < -0.4 is 4.90 Å². The predicted octanol–water partition coefficient (Wildman–Crippen LogP) is 16.2. The molecule has 0 saturated carbocycles. The molecule has 0 spiro atoms. The lowest BCUT2D eigenvalue weighted by Crippen LogP contribution is -2.10. The van der Waals surface area contributed by atoms with Crippen LogP contribution in [0.4, 0.5) is 22.7 Å². The van der Waals surface area contributed by atoms with Gasteiger partial charge in [0.2, 0.25) is 0 Å². The van der Waals surface area contributed by atoms with Gasteiger partial charge in [0.25, 0.3) is 0 Å². The van der Waals surface area contributed by atoms with Gasteiger partial charge in [-0.25, -0.2) is 0 Å². The third-order valence-corrected chi connectivity index (χ3v) is 12.3. The van der Waals surface area contributed by atoms with Crippen LogP contribution >= 0.6 is 0 Å². The lowest BCUT2D eigenvalue weighted by Gasteiger charge is -2.26. The van der Waals surface area contributed by atoms with E-state index < -0.39 is 0 Å². The molecule has 0 radical (unpaired) electrons. The number of aryl methyl sites for hydroxylation is 1. The second-order valence-electron chi connectivity index (χ2n) is 15.9. The van der Waals surface area contributed by atoms with Gasteiger partial charge in [-0.05, 0) is 144 Å². The highest BCUT2D eigenvalue weighted by atomic mass is 16.3. The van der Waals surface area contributed by atoms with E-state index in [-0.39, 0.29) is 0 Å². The normalized spacial score (nSPS) is 12.5. The van der Waals surface area contributed by atoms with Gasteiger partial charge in [-0.3, -0.25) is 4.99 Å². The average molecular weight is 767 g/mol. The largest absolute Gasteiger partial charge is 0.459 e. The van der Waals surface area contributed by atoms with Crippen LogP contribution in [0.5, 0.6) is 0 Å². The molecule has 10 aromatic carbocycles. The Kier molecular flexibility index (Phi) is 7.99. The van der Waals surface area contributed by atoms with Gasteiger partial charge in [0.15, 0.2) is 0 Å². The number of benzene rings is 10. The fourth-order valence-electron chi connectivity index (χ4n) is 9.26. The Morgan fingerprint density at radius 1 is 0.383 bits per heavy atom. The molecular formula is C57H38N2O. The summed E-state index contributed by atoms with van der Waals surface area (Å²) in [5.41, 5.74) is 12.4. The van der Waals surface area contributed by atoms with E-state index in [4.69, 9.17) is 9.41 Å². The van der Waals surface area contributed by atoms with Crippen molar-refractivity contribution in [2.45, 2.75) is 12.8 Å². The molecule has 282 valence electrons. The van der Waals surface area contributed by atoms with E-state index in [1.54, 1.807) is 0 Å². The molecule has 0 amide bonds. The van der Waals surface area contributed by atoms with Gasteiger partial charge in [0.05, 0.1) is 0 Å². The Hall–Kier alpha value is -7.75. The van der Waals surface area contributed by atoms with Crippen LogP contribution in [0, 0.1) is 0 Å². The van der Waals surface area contributed by atoms with Crippen LogP contribution in [0.3, 0.4) is 0 Å². The van der Waals surface area contributed by atoms with Crippen molar-refractivity contribution in [3.05, 3.63) is 206 Å². The third-order valence-electron chi connectivity index (χ3n) is 12.3. The van der Waals surface area contributed by atoms with Gasteiger partial charge >= 0.3 is 0 Å². The Bertz CT molecular complexity index is 3330. The fraction of sp³-hybridized carbons (Fsp3) is 0.0351. The van der Waals surface area contributed by atoms with Gasteiger partial charge in [-0.15, -0.1) is 0 Å². The first kappa shape index (κ1) is 34.3. The monoisotopic (exact) mass is 766 g/mol. The summed E-state index contributed by atoms with van der Waals surface area (Å²) in [6.45, 7) is 0. The maximum atomic E-state index is 6.16. The highest BCUT2D eigenvalue weighted by molar-refractivity contribution is 6.02. The van der Waals surface area contributed by atoms with Crippen LogP contribution in [-0.2, 0) is 6.42 Å². The number of nitrogens with zero attached hydrogens (tertiary/aromatic N) is 2. The van der Waals surface area contributed by atoms with Gasteiger partial charge in [-0.1, -0.05) is 140 Å². The zero-order chi connectivity index (χ0) is 39.6. The lowest BCUT2D eigenvalue weighted by atomic mass is 9.95. The molecule has 3 nitrogen and oxygen atoms in total. The number of aliphatic imine (C=N–C) groups is 1. The van der Waals surface area contributed by atoms with Crippen molar-refractivity contribution in [1.29, 1.82) is 0 Å². The van der Waals surface area contributed by atoms with E-state index in [9.17, 15) is 0 Å². The summed E-state index contributed by atoms with van der Waals surface area (Å²) in [4.78, 5) is 7.08. The Morgan fingerprint density at radius 2 is 0.900 bits per heavy atom. The Labute approximate surface area is 348 Å². The van der Waals surface area contributed by atoms with Crippen molar-refractivity contribution >= 4 is 83.0 Å². The highest BCUT2D eigenvalue weighted by Crippen LogP contribution is 2.42. The molecule has 0 aliphatic carbocycles. The zero-order valence-electron chi connectivity index (χ0n) is 32.8. The first-order valence-electron chi connectivity index (χ1n) is 20.7. The van der Waals surface area contributed by atoms with Crippen molar-refractivity contribution < 1.29 is 4.42 Å². The molecule has 3 heteroatoms. The van der Waals surface area contributed by atoms with E-state index in [1.807, 2.05) is 6.21 Å². The number of furan rings is 1. The summed E-state index contributed by atoms with van der Waals surface area (Å²) in [7, 11) is 0. The van der Waals surface area contributed by atoms with Crippen LogP contribution in [0.1, 0.15) is 12.2 Å². The fourth-order valence-corrected chi connectivity index (χ4v) is 9.26. The second kappa shape index (κ2) is 14.0. The molecule has 0 saturated heterocycles. The van der Waals surface area contributed by atoms with Gasteiger partial charge < -0.3 is 9.32 Å². The quantitative estimate of drug-likeness (QED) is 0.169. The summed E-state index contributed by atoms with van der Waals surface area (Å²) < 4.78 is 6.16. The van der Waals surface area contributed by atoms with Gasteiger partial charge in [0.1, 0.15) is 17.0 Å². The van der Waals surface area contributed by atoms with Crippen molar-refractivity contribution in [2.75, 3.05) is 4.90 Å². The molecule has 1 aliphatic rings. The van der Waals surface area contributed by atoms with Crippen molar-refractivity contribution in [1.82, 2.24) is 0 Å². The average Bonchev–Trinajstić information content (AvgIpc) is 3.69. The predicted molar refractivity (Wildman–Crippen MR) is 254 cm³/mol. The Morgan fingerprint density at radius 3 is 1.53 bits per heavy atom. The molecule has 0 bridgehead atoms. The molecular weight excluding hydrogens is 729 g/mol. The van der Waals surface area contributed by atoms with Crippen LogP contribution in [-0.4, -0.2) is 6.21 Å². The number of hydrogen-bond donors (Lipinski definition) is 0. The minimum absolute atomic E-state index is 0.895. The molecule has 1 aromatic heterocycles. The van der Waals surface area contributed by atoms with E-state index in [2.05, 4.69) is 205 Å². The number of hydrogen-bond acceptors (Lipinski definition) is 3. The molecule has 11 aromatic rings. The molecule has 0 unspecified atom stereocenters. The summed E-state index contributed by atoms with van der Waals surface area (Å²) in [6.07, 6.45) is 3.82. The minimum Gasteiger partial charge on any atom is -0.459 e. The maximum Gasteiger partial charge on any atom is 0.136 e. The zero-order valence-corrected chi connectivity index (χ0v) is 32.8. The molecule has 0 fully saturated rings. The van der Waals surface area contributed by atoms with Crippen molar-refractivity contribution in [3.63, 3.8) is 0 Å². The highest BCUT2D eigenvalue weighted by Gasteiger charge is 2.18. The van der Waals surface area contributed by atoms with Crippen molar-refractivity contribution in [2.24, 2.45) is 4.99 Å². The number of rotatable bonds is 6. The first-order chi connectivity index (χ1) is 29.7. The molecule has 1 aliphatic heterocycles. The summed E-state index contributed by atoms with van der Waals surface area (Å²) in [5.74, 6) is 0.982. The van der Waals surface area contributed by atoms with Crippen molar-refractivity contribution in [3.8, 4) is 33.4 Å². The standard InChI is InChI=1S/C57H38N2O/c1-3-12-50-38(8-1)10-5-14-52(50)45-19-17-42-34-48(28-23-40(42)32-45)59(47-26-21-37(22-27-47)44-25-30-55-54(36-44)57-56(60-55)16-7-31-58-57)49-29-24-41-33-46(20-18-43(41)35-49)53-15-6-11-39-9-2-4-13-51(39)53/h1-6,8-15,17-36H,7,16H2. The van der Waals surface area contributed by atoms with Gasteiger partial charge in [0, 0.05) is 35.1 Å². The number of anilines is 3. The summed E-state index contributed by atoms with van der Waals surface area (Å²) in [5, 5.41) is 10.9. The van der Waals surface area contributed by atoms with Crippen LogP contribution in [0.2, 0.25) is 0 Å². The lowest BCUT2D eigenvalue weighted by molar-refractivity contribution is 0.551. The van der Waals surface area contributed by atoms with Gasteiger partial charge in [-0.2, -0.15) is 0 Å².